The van der Waals surface area contributed by atoms with Crippen molar-refractivity contribution in [2.45, 2.75) is 33.6 Å². The number of fused-ring (bicyclic) bond motifs is 1. The van der Waals surface area contributed by atoms with Crippen molar-refractivity contribution in [1.29, 1.82) is 0 Å². The molecule has 0 saturated carbocycles. The van der Waals surface area contributed by atoms with Crippen LogP contribution in [0.2, 0.25) is 0 Å². The molecule has 0 spiro atoms. The van der Waals surface area contributed by atoms with Crippen LogP contribution in [0.5, 0.6) is 0 Å². The molecule has 0 atom stereocenters. The van der Waals surface area contributed by atoms with E-state index in [2.05, 4.69) is 46.9 Å². The Balaban J connectivity index is 2.48. The normalized spacial score (nSPS) is 11.6. The van der Waals surface area contributed by atoms with Gasteiger partial charge in [-0.2, -0.15) is 0 Å². The molecule has 0 unspecified atom stereocenters. The standard InChI is InChI=1S/C13H16BrNO/c1-4-12-15-11-7-9(5-8(2)3)6-10(14)13(11)16-12/h6-8H,4-5H2,1-3H3. The van der Waals surface area contributed by atoms with Crippen LogP contribution in [0.3, 0.4) is 0 Å². The van der Waals surface area contributed by atoms with Gasteiger partial charge in [0.15, 0.2) is 11.5 Å². The molecule has 16 heavy (non-hydrogen) atoms. The van der Waals surface area contributed by atoms with Crippen LogP contribution in [-0.4, -0.2) is 4.98 Å². The molecule has 3 heteroatoms. The second kappa shape index (κ2) is 4.58. The van der Waals surface area contributed by atoms with Gasteiger partial charge in [0.05, 0.1) is 4.47 Å². The first-order chi connectivity index (χ1) is 7.60. The minimum Gasteiger partial charge on any atom is -0.440 e. The molecular formula is C13H16BrNO. The first-order valence-corrected chi connectivity index (χ1v) is 6.47. The summed E-state index contributed by atoms with van der Waals surface area (Å²) < 4.78 is 6.66. The van der Waals surface area contributed by atoms with Crippen molar-refractivity contribution < 1.29 is 4.42 Å². The average Bonchev–Trinajstić information content (AvgIpc) is 2.60. The van der Waals surface area contributed by atoms with Crippen molar-refractivity contribution in [2.75, 3.05) is 0 Å². The minimum atomic E-state index is 0.655. The molecule has 0 amide bonds. The maximum atomic E-state index is 5.65. The van der Waals surface area contributed by atoms with Crippen LogP contribution in [0.25, 0.3) is 11.1 Å². The Kier molecular flexibility index (Phi) is 3.33. The largest absolute Gasteiger partial charge is 0.440 e. The zero-order chi connectivity index (χ0) is 11.7. The Hall–Kier alpha value is -0.830. The highest BCUT2D eigenvalue weighted by Gasteiger charge is 2.10. The summed E-state index contributed by atoms with van der Waals surface area (Å²) in [4.78, 5) is 4.46. The summed E-state index contributed by atoms with van der Waals surface area (Å²) in [7, 11) is 0. The fourth-order valence-corrected chi connectivity index (χ4v) is 2.41. The van der Waals surface area contributed by atoms with Crippen LogP contribution in [0.4, 0.5) is 0 Å². The first kappa shape index (κ1) is 11.6. The lowest BCUT2D eigenvalue weighted by atomic mass is 10.0. The third-order valence-electron chi connectivity index (χ3n) is 2.50. The Labute approximate surface area is 104 Å². The summed E-state index contributed by atoms with van der Waals surface area (Å²) in [5.41, 5.74) is 3.14. The average molecular weight is 282 g/mol. The van der Waals surface area contributed by atoms with Crippen LogP contribution in [-0.2, 0) is 12.8 Å². The molecule has 0 aliphatic rings. The van der Waals surface area contributed by atoms with E-state index in [-0.39, 0.29) is 0 Å². The quantitative estimate of drug-likeness (QED) is 0.836. The van der Waals surface area contributed by atoms with Crippen LogP contribution in [0, 0.1) is 5.92 Å². The summed E-state index contributed by atoms with van der Waals surface area (Å²) in [5.74, 6) is 1.46. The van der Waals surface area contributed by atoms with E-state index in [1.807, 2.05) is 6.92 Å². The van der Waals surface area contributed by atoms with Gasteiger partial charge in [-0.1, -0.05) is 20.8 Å². The molecule has 1 aromatic heterocycles. The van der Waals surface area contributed by atoms with E-state index in [1.165, 1.54) is 5.56 Å². The maximum absolute atomic E-state index is 5.65. The Morgan fingerprint density at radius 2 is 2.12 bits per heavy atom. The molecule has 2 aromatic rings. The van der Waals surface area contributed by atoms with Gasteiger partial charge in [-0.3, -0.25) is 0 Å². The number of hydrogen-bond donors (Lipinski definition) is 0. The lowest BCUT2D eigenvalue weighted by Crippen LogP contribution is -1.93. The molecule has 0 aliphatic heterocycles. The number of hydrogen-bond acceptors (Lipinski definition) is 2. The number of nitrogens with zero attached hydrogens (tertiary/aromatic N) is 1. The molecular weight excluding hydrogens is 266 g/mol. The second-order valence-electron chi connectivity index (χ2n) is 4.49. The Bertz CT molecular complexity index is 502. The molecule has 0 fully saturated rings. The summed E-state index contributed by atoms with van der Waals surface area (Å²) >= 11 is 3.55. The number of halogens is 1. The fourth-order valence-electron chi connectivity index (χ4n) is 1.83. The molecule has 0 radical (unpaired) electrons. The molecule has 0 saturated heterocycles. The topological polar surface area (TPSA) is 26.0 Å². The predicted octanol–water partition coefficient (Wildman–Crippen LogP) is 4.35. The first-order valence-electron chi connectivity index (χ1n) is 5.68. The number of aromatic nitrogens is 1. The van der Waals surface area contributed by atoms with Crippen LogP contribution >= 0.6 is 15.9 Å². The lowest BCUT2D eigenvalue weighted by Gasteiger charge is -2.04. The number of aryl methyl sites for hydroxylation is 1. The van der Waals surface area contributed by atoms with Crippen LogP contribution < -0.4 is 0 Å². The van der Waals surface area contributed by atoms with E-state index in [0.29, 0.717) is 5.92 Å². The van der Waals surface area contributed by atoms with Gasteiger partial charge < -0.3 is 4.42 Å². The molecule has 1 aromatic carbocycles. The number of oxazole rings is 1. The van der Waals surface area contributed by atoms with Crippen molar-refractivity contribution in [3.8, 4) is 0 Å². The molecule has 86 valence electrons. The Morgan fingerprint density at radius 1 is 1.38 bits per heavy atom. The lowest BCUT2D eigenvalue weighted by molar-refractivity contribution is 0.536. The smallest absolute Gasteiger partial charge is 0.195 e. The molecule has 2 rings (SSSR count). The highest BCUT2D eigenvalue weighted by Crippen LogP contribution is 2.27. The van der Waals surface area contributed by atoms with E-state index in [0.717, 1.165) is 34.3 Å². The van der Waals surface area contributed by atoms with Gasteiger partial charge in [0.25, 0.3) is 0 Å². The Morgan fingerprint density at radius 3 is 2.75 bits per heavy atom. The van der Waals surface area contributed by atoms with Crippen molar-refractivity contribution in [3.05, 3.63) is 28.1 Å². The third kappa shape index (κ3) is 2.29. The van der Waals surface area contributed by atoms with E-state index in [4.69, 9.17) is 4.42 Å². The summed E-state index contributed by atoms with van der Waals surface area (Å²) in [6.45, 7) is 6.49. The van der Waals surface area contributed by atoms with E-state index < -0.39 is 0 Å². The summed E-state index contributed by atoms with van der Waals surface area (Å²) in [5, 5.41) is 0. The molecule has 1 heterocycles. The zero-order valence-electron chi connectivity index (χ0n) is 9.88. The van der Waals surface area contributed by atoms with Crippen molar-refractivity contribution >= 4 is 27.0 Å². The van der Waals surface area contributed by atoms with Crippen molar-refractivity contribution in [1.82, 2.24) is 4.98 Å². The van der Waals surface area contributed by atoms with Crippen molar-refractivity contribution in [2.24, 2.45) is 5.92 Å². The SMILES string of the molecule is CCc1nc2cc(CC(C)C)cc(Br)c2o1. The molecule has 0 bridgehead atoms. The highest BCUT2D eigenvalue weighted by atomic mass is 79.9. The maximum Gasteiger partial charge on any atom is 0.195 e. The van der Waals surface area contributed by atoms with Gasteiger partial charge in [-0.15, -0.1) is 0 Å². The van der Waals surface area contributed by atoms with E-state index >= 15 is 0 Å². The second-order valence-corrected chi connectivity index (χ2v) is 5.34. The zero-order valence-corrected chi connectivity index (χ0v) is 11.5. The number of benzene rings is 1. The molecule has 2 nitrogen and oxygen atoms in total. The van der Waals surface area contributed by atoms with Crippen molar-refractivity contribution in [3.63, 3.8) is 0 Å². The monoisotopic (exact) mass is 281 g/mol. The predicted molar refractivity (Wildman–Crippen MR) is 69.6 cm³/mol. The van der Waals surface area contributed by atoms with E-state index in [1.54, 1.807) is 0 Å². The van der Waals surface area contributed by atoms with Gasteiger partial charge in [0.2, 0.25) is 0 Å². The van der Waals surface area contributed by atoms with Gasteiger partial charge in [-0.25, -0.2) is 4.98 Å². The van der Waals surface area contributed by atoms with Gasteiger partial charge >= 0.3 is 0 Å². The van der Waals surface area contributed by atoms with Crippen LogP contribution in [0.15, 0.2) is 21.0 Å². The van der Waals surface area contributed by atoms with Gasteiger partial charge in [0.1, 0.15) is 5.52 Å². The summed E-state index contributed by atoms with van der Waals surface area (Å²) in [6.07, 6.45) is 1.91. The van der Waals surface area contributed by atoms with Gasteiger partial charge in [-0.05, 0) is 46.0 Å². The highest BCUT2D eigenvalue weighted by molar-refractivity contribution is 9.10. The van der Waals surface area contributed by atoms with Crippen LogP contribution in [0.1, 0.15) is 32.2 Å². The van der Waals surface area contributed by atoms with Gasteiger partial charge in [0, 0.05) is 6.42 Å². The molecule has 0 N–H and O–H groups in total. The minimum absolute atomic E-state index is 0.655. The number of rotatable bonds is 3. The van der Waals surface area contributed by atoms with E-state index in [9.17, 15) is 0 Å². The fraction of sp³-hybridized carbons (Fsp3) is 0.462. The summed E-state index contributed by atoms with van der Waals surface area (Å²) in [6, 6.07) is 4.26. The molecule has 0 aliphatic carbocycles. The third-order valence-corrected chi connectivity index (χ3v) is 3.08.